The van der Waals surface area contributed by atoms with Crippen molar-refractivity contribution in [3.63, 3.8) is 0 Å². The number of hydrogen-bond acceptors (Lipinski definition) is 2. The Bertz CT molecular complexity index is 161. The summed E-state index contributed by atoms with van der Waals surface area (Å²) in [7, 11) is 0. The third-order valence-corrected chi connectivity index (χ3v) is 5.10. The van der Waals surface area contributed by atoms with E-state index >= 15 is 0 Å². The van der Waals surface area contributed by atoms with Crippen LogP contribution < -0.4 is 0 Å². The number of thioether (sulfide) groups is 1. The van der Waals surface area contributed by atoms with E-state index in [1.165, 1.54) is 49.0 Å². The first-order valence-electron chi connectivity index (χ1n) is 5.33. The molecule has 1 saturated carbocycles. The summed E-state index contributed by atoms with van der Waals surface area (Å²) in [6.07, 6.45) is 5.90. The number of halogens is 1. The van der Waals surface area contributed by atoms with E-state index in [-0.39, 0.29) is 0 Å². The van der Waals surface area contributed by atoms with E-state index in [0.717, 1.165) is 11.3 Å². The SMILES string of the molecule is ICCN1CCSC2CCCCC21. The van der Waals surface area contributed by atoms with Crippen LogP contribution in [-0.2, 0) is 0 Å². The zero-order valence-electron chi connectivity index (χ0n) is 8.04. The van der Waals surface area contributed by atoms with E-state index in [0.29, 0.717) is 0 Å². The molecule has 2 unspecified atom stereocenters. The fraction of sp³-hybridized carbons (Fsp3) is 1.00. The molecular formula is C10H18INS. The van der Waals surface area contributed by atoms with Gasteiger partial charge in [-0.15, -0.1) is 0 Å². The van der Waals surface area contributed by atoms with Crippen molar-refractivity contribution >= 4 is 34.4 Å². The van der Waals surface area contributed by atoms with Crippen LogP contribution >= 0.6 is 34.4 Å². The van der Waals surface area contributed by atoms with Crippen molar-refractivity contribution in [1.29, 1.82) is 0 Å². The summed E-state index contributed by atoms with van der Waals surface area (Å²) in [4.78, 5) is 2.74. The minimum atomic E-state index is 0.933. The molecule has 0 radical (unpaired) electrons. The maximum Gasteiger partial charge on any atom is 0.0215 e. The summed E-state index contributed by atoms with van der Waals surface area (Å²) in [5.74, 6) is 1.37. The molecule has 2 aliphatic rings. The van der Waals surface area contributed by atoms with E-state index in [4.69, 9.17) is 0 Å². The standard InChI is InChI=1S/C10H18INS/c11-5-6-12-7-8-13-10-4-2-1-3-9(10)12/h9-10H,1-8H2. The summed E-state index contributed by atoms with van der Waals surface area (Å²) in [5.41, 5.74) is 0. The van der Waals surface area contributed by atoms with E-state index in [2.05, 4.69) is 39.3 Å². The number of fused-ring (bicyclic) bond motifs is 1. The highest BCUT2D eigenvalue weighted by molar-refractivity contribution is 14.1. The van der Waals surface area contributed by atoms with Crippen LogP contribution in [0.25, 0.3) is 0 Å². The molecule has 1 aliphatic heterocycles. The summed E-state index contributed by atoms with van der Waals surface area (Å²) in [6, 6.07) is 0.933. The Kier molecular flexibility index (Phi) is 4.23. The normalized spacial score (nSPS) is 35.8. The first-order chi connectivity index (χ1) is 6.42. The second kappa shape index (κ2) is 5.21. The Labute approximate surface area is 99.2 Å². The van der Waals surface area contributed by atoms with Gasteiger partial charge in [-0.25, -0.2) is 0 Å². The maximum absolute atomic E-state index is 2.74. The second-order valence-electron chi connectivity index (χ2n) is 3.99. The van der Waals surface area contributed by atoms with Crippen LogP contribution in [0.15, 0.2) is 0 Å². The zero-order chi connectivity index (χ0) is 9.10. The molecule has 0 amide bonds. The van der Waals surface area contributed by atoms with Gasteiger partial charge in [0.1, 0.15) is 0 Å². The van der Waals surface area contributed by atoms with Crippen LogP contribution in [0.2, 0.25) is 0 Å². The van der Waals surface area contributed by atoms with Gasteiger partial charge in [0, 0.05) is 34.6 Å². The summed E-state index contributed by atoms with van der Waals surface area (Å²) in [5, 5.41) is 0.977. The Morgan fingerprint density at radius 2 is 2.15 bits per heavy atom. The van der Waals surface area contributed by atoms with Crippen molar-refractivity contribution < 1.29 is 0 Å². The van der Waals surface area contributed by atoms with Crippen LogP contribution in [0.3, 0.4) is 0 Å². The fourth-order valence-electron chi connectivity index (χ4n) is 2.56. The minimum Gasteiger partial charge on any atom is -0.298 e. The van der Waals surface area contributed by atoms with E-state index in [9.17, 15) is 0 Å². The first kappa shape index (κ1) is 10.6. The highest BCUT2D eigenvalue weighted by Gasteiger charge is 2.32. The van der Waals surface area contributed by atoms with Gasteiger partial charge < -0.3 is 0 Å². The molecule has 1 saturated heterocycles. The maximum atomic E-state index is 2.74. The topological polar surface area (TPSA) is 3.24 Å². The lowest BCUT2D eigenvalue weighted by Crippen LogP contribution is -2.49. The van der Waals surface area contributed by atoms with Crippen LogP contribution in [-0.4, -0.2) is 39.5 Å². The molecule has 0 aromatic carbocycles. The summed E-state index contributed by atoms with van der Waals surface area (Å²) in [6.45, 7) is 2.66. The van der Waals surface area contributed by atoms with Crippen molar-refractivity contribution in [3.8, 4) is 0 Å². The van der Waals surface area contributed by atoms with Crippen molar-refractivity contribution in [3.05, 3.63) is 0 Å². The Hall–Kier alpha value is 1.04. The average molecular weight is 311 g/mol. The Morgan fingerprint density at radius 3 is 3.00 bits per heavy atom. The molecule has 0 aromatic heterocycles. The third kappa shape index (κ3) is 2.53. The molecule has 3 heteroatoms. The predicted molar refractivity (Wildman–Crippen MR) is 69.0 cm³/mol. The number of alkyl halides is 1. The Balaban J connectivity index is 1.94. The molecule has 2 fully saturated rings. The lowest BCUT2D eigenvalue weighted by Gasteiger charge is -2.43. The molecule has 13 heavy (non-hydrogen) atoms. The molecular weight excluding hydrogens is 293 g/mol. The molecule has 1 aliphatic carbocycles. The average Bonchev–Trinajstić information content (AvgIpc) is 2.19. The van der Waals surface area contributed by atoms with Crippen LogP contribution in [0.5, 0.6) is 0 Å². The van der Waals surface area contributed by atoms with Gasteiger partial charge in [0.2, 0.25) is 0 Å². The van der Waals surface area contributed by atoms with Crippen molar-refractivity contribution in [2.24, 2.45) is 0 Å². The number of hydrogen-bond donors (Lipinski definition) is 0. The van der Waals surface area contributed by atoms with Gasteiger partial charge in [-0.2, -0.15) is 11.8 Å². The molecule has 0 aromatic rings. The molecule has 0 N–H and O–H groups in total. The predicted octanol–water partition coefficient (Wildman–Crippen LogP) is 2.78. The van der Waals surface area contributed by atoms with E-state index in [1.54, 1.807) is 0 Å². The van der Waals surface area contributed by atoms with Crippen LogP contribution in [0, 0.1) is 0 Å². The third-order valence-electron chi connectivity index (χ3n) is 3.22. The molecule has 0 spiro atoms. The number of nitrogens with zero attached hydrogens (tertiary/aromatic N) is 1. The van der Waals surface area contributed by atoms with Crippen LogP contribution in [0.4, 0.5) is 0 Å². The number of rotatable bonds is 2. The van der Waals surface area contributed by atoms with Crippen molar-refractivity contribution in [1.82, 2.24) is 4.90 Å². The van der Waals surface area contributed by atoms with Gasteiger partial charge in [0.25, 0.3) is 0 Å². The quantitative estimate of drug-likeness (QED) is 0.570. The van der Waals surface area contributed by atoms with Crippen LogP contribution in [0.1, 0.15) is 25.7 Å². The van der Waals surface area contributed by atoms with Gasteiger partial charge in [-0.3, -0.25) is 4.90 Å². The molecule has 2 atom stereocenters. The van der Waals surface area contributed by atoms with Gasteiger partial charge in [0.05, 0.1) is 0 Å². The first-order valence-corrected chi connectivity index (χ1v) is 7.91. The van der Waals surface area contributed by atoms with E-state index in [1.807, 2.05) is 0 Å². The lowest BCUT2D eigenvalue weighted by molar-refractivity contribution is 0.174. The summed E-state index contributed by atoms with van der Waals surface area (Å²) >= 11 is 4.74. The molecule has 1 heterocycles. The second-order valence-corrected chi connectivity index (χ2v) is 6.41. The highest BCUT2D eigenvalue weighted by Crippen LogP contribution is 2.35. The van der Waals surface area contributed by atoms with E-state index < -0.39 is 0 Å². The van der Waals surface area contributed by atoms with Crippen molar-refractivity contribution in [2.75, 3.05) is 23.3 Å². The monoisotopic (exact) mass is 311 g/mol. The lowest BCUT2D eigenvalue weighted by atomic mass is 9.93. The largest absolute Gasteiger partial charge is 0.298 e. The highest BCUT2D eigenvalue weighted by atomic mass is 127. The molecule has 76 valence electrons. The molecule has 0 bridgehead atoms. The summed E-state index contributed by atoms with van der Waals surface area (Å²) < 4.78 is 1.30. The smallest absolute Gasteiger partial charge is 0.0215 e. The molecule has 1 nitrogen and oxygen atoms in total. The zero-order valence-corrected chi connectivity index (χ0v) is 11.0. The Morgan fingerprint density at radius 1 is 1.31 bits per heavy atom. The van der Waals surface area contributed by atoms with Gasteiger partial charge >= 0.3 is 0 Å². The fourth-order valence-corrected chi connectivity index (χ4v) is 4.69. The van der Waals surface area contributed by atoms with Gasteiger partial charge in [0.15, 0.2) is 0 Å². The van der Waals surface area contributed by atoms with Gasteiger partial charge in [-0.05, 0) is 12.8 Å². The molecule has 2 rings (SSSR count). The van der Waals surface area contributed by atoms with Crippen molar-refractivity contribution in [2.45, 2.75) is 37.0 Å². The van der Waals surface area contributed by atoms with Gasteiger partial charge in [-0.1, -0.05) is 35.4 Å². The minimum absolute atomic E-state index is 0.933.